The Kier molecular flexibility index (Phi) is 3.92. The Morgan fingerprint density at radius 1 is 1.29 bits per heavy atom. The molecule has 1 aliphatic heterocycles. The minimum atomic E-state index is -3.52. The zero-order valence-electron chi connectivity index (χ0n) is 8.93. The van der Waals surface area contributed by atoms with Gasteiger partial charge in [0, 0.05) is 26.2 Å². The Morgan fingerprint density at radius 2 is 2.00 bits per heavy atom. The summed E-state index contributed by atoms with van der Waals surface area (Å²) in [5.41, 5.74) is 0. The second-order valence-corrected chi connectivity index (χ2v) is 5.96. The standard InChI is InChI=1S/C8H12BrN5O2S/c9-7-5-12-8(6-11-7)13-17(15,16)14-3-1-10-2-4-14/h5-6,10H,1-4H2,(H,12,13). The molecule has 1 aromatic rings. The molecule has 0 atom stereocenters. The van der Waals surface area contributed by atoms with Crippen molar-refractivity contribution in [2.75, 3.05) is 30.9 Å². The molecule has 0 unspecified atom stereocenters. The molecule has 1 aromatic heterocycles. The third kappa shape index (κ3) is 3.35. The fraction of sp³-hybridized carbons (Fsp3) is 0.500. The molecule has 1 aliphatic rings. The highest BCUT2D eigenvalue weighted by atomic mass is 79.9. The van der Waals surface area contributed by atoms with Crippen LogP contribution in [0.15, 0.2) is 17.0 Å². The van der Waals surface area contributed by atoms with Crippen molar-refractivity contribution in [3.8, 4) is 0 Å². The van der Waals surface area contributed by atoms with Gasteiger partial charge in [0.15, 0.2) is 5.82 Å². The summed E-state index contributed by atoms with van der Waals surface area (Å²) in [7, 11) is -3.52. The van der Waals surface area contributed by atoms with Crippen LogP contribution in [0.3, 0.4) is 0 Å². The van der Waals surface area contributed by atoms with Gasteiger partial charge in [0.05, 0.1) is 12.4 Å². The molecule has 0 saturated carbocycles. The third-order valence-electron chi connectivity index (χ3n) is 2.27. The van der Waals surface area contributed by atoms with Crippen LogP contribution in [0.5, 0.6) is 0 Å². The number of piperazine rings is 1. The second kappa shape index (κ2) is 5.25. The number of hydrogen-bond acceptors (Lipinski definition) is 5. The van der Waals surface area contributed by atoms with E-state index in [0.717, 1.165) is 0 Å². The molecule has 0 spiro atoms. The van der Waals surface area contributed by atoms with Crippen LogP contribution in [0.25, 0.3) is 0 Å². The van der Waals surface area contributed by atoms with Crippen molar-refractivity contribution in [1.29, 1.82) is 0 Å². The minimum Gasteiger partial charge on any atom is -0.314 e. The highest BCUT2D eigenvalue weighted by Gasteiger charge is 2.23. The summed E-state index contributed by atoms with van der Waals surface area (Å²) in [6.45, 7) is 2.23. The summed E-state index contributed by atoms with van der Waals surface area (Å²) in [5, 5.41) is 3.09. The average Bonchev–Trinajstić information content (AvgIpc) is 2.33. The number of anilines is 1. The summed E-state index contributed by atoms with van der Waals surface area (Å²) >= 11 is 3.13. The van der Waals surface area contributed by atoms with Crippen molar-refractivity contribution in [2.24, 2.45) is 0 Å². The Bertz CT molecular complexity index is 471. The number of rotatable bonds is 3. The smallest absolute Gasteiger partial charge is 0.302 e. The van der Waals surface area contributed by atoms with Crippen LogP contribution in [0, 0.1) is 0 Å². The Balaban J connectivity index is 2.08. The van der Waals surface area contributed by atoms with Gasteiger partial charge in [-0.25, -0.2) is 9.97 Å². The average molecular weight is 322 g/mol. The molecule has 0 amide bonds. The predicted octanol–water partition coefficient (Wildman–Crippen LogP) is -0.199. The van der Waals surface area contributed by atoms with Crippen molar-refractivity contribution in [3.05, 3.63) is 17.0 Å². The van der Waals surface area contributed by atoms with E-state index in [1.165, 1.54) is 16.7 Å². The van der Waals surface area contributed by atoms with E-state index in [1.54, 1.807) is 0 Å². The van der Waals surface area contributed by atoms with Crippen molar-refractivity contribution < 1.29 is 8.42 Å². The van der Waals surface area contributed by atoms with Crippen LogP contribution >= 0.6 is 15.9 Å². The molecule has 94 valence electrons. The van der Waals surface area contributed by atoms with Gasteiger partial charge in [-0.1, -0.05) is 0 Å². The van der Waals surface area contributed by atoms with Crippen LogP contribution < -0.4 is 10.0 Å². The lowest BCUT2D eigenvalue weighted by Crippen LogP contribution is -2.48. The summed E-state index contributed by atoms with van der Waals surface area (Å²) in [4.78, 5) is 7.82. The molecule has 1 fully saturated rings. The van der Waals surface area contributed by atoms with Gasteiger partial charge >= 0.3 is 10.2 Å². The van der Waals surface area contributed by atoms with Crippen LogP contribution in [-0.2, 0) is 10.2 Å². The van der Waals surface area contributed by atoms with Crippen molar-refractivity contribution >= 4 is 32.0 Å². The fourth-order valence-corrected chi connectivity index (χ4v) is 2.81. The first kappa shape index (κ1) is 12.7. The van der Waals surface area contributed by atoms with Crippen LogP contribution in [0.1, 0.15) is 0 Å². The number of hydrogen-bond donors (Lipinski definition) is 2. The molecular formula is C8H12BrN5O2S. The molecule has 2 rings (SSSR count). The lowest BCUT2D eigenvalue weighted by atomic mass is 10.4. The highest BCUT2D eigenvalue weighted by Crippen LogP contribution is 2.10. The first-order chi connectivity index (χ1) is 8.08. The first-order valence-electron chi connectivity index (χ1n) is 5.04. The number of halogens is 1. The van der Waals surface area contributed by atoms with Gasteiger partial charge < -0.3 is 5.32 Å². The van der Waals surface area contributed by atoms with Gasteiger partial charge in [-0.2, -0.15) is 12.7 Å². The van der Waals surface area contributed by atoms with Crippen molar-refractivity contribution in [1.82, 2.24) is 19.6 Å². The normalized spacial score (nSPS) is 17.9. The fourth-order valence-electron chi connectivity index (χ4n) is 1.45. The molecule has 17 heavy (non-hydrogen) atoms. The number of nitrogens with zero attached hydrogens (tertiary/aromatic N) is 3. The zero-order valence-corrected chi connectivity index (χ0v) is 11.3. The van der Waals surface area contributed by atoms with Gasteiger partial charge in [-0.05, 0) is 15.9 Å². The number of nitrogens with one attached hydrogen (secondary N) is 2. The predicted molar refractivity (Wildman–Crippen MR) is 66.7 cm³/mol. The van der Waals surface area contributed by atoms with Crippen LogP contribution in [-0.4, -0.2) is 48.9 Å². The van der Waals surface area contributed by atoms with E-state index in [4.69, 9.17) is 0 Å². The molecule has 7 nitrogen and oxygen atoms in total. The van der Waals surface area contributed by atoms with Gasteiger partial charge in [0.2, 0.25) is 0 Å². The maximum atomic E-state index is 11.9. The van der Waals surface area contributed by atoms with Gasteiger partial charge in [0.1, 0.15) is 4.60 Å². The van der Waals surface area contributed by atoms with Gasteiger partial charge in [0.25, 0.3) is 0 Å². The second-order valence-electron chi connectivity index (χ2n) is 3.48. The van der Waals surface area contributed by atoms with Gasteiger partial charge in [-0.15, -0.1) is 0 Å². The largest absolute Gasteiger partial charge is 0.314 e. The zero-order chi connectivity index (χ0) is 12.3. The van der Waals surface area contributed by atoms with E-state index in [9.17, 15) is 8.42 Å². The van der Waals surface area contributed by atoms with Gasteiger partial charge in [-0.3, -0.25) is 4.72 Å². The molecule has 2 heterocycles. The number of aromatic nitrogens is 2. The van der Waals surface area contributed by atoms with E-state index in [2.05, 4.69) is 35.9 Å². The Labute approximate surface area is 108 Å². The summed E-state index contributed by atoms with van der Waals surface area (Å²) in [5.74, 6) is 0.215. The first-order valence-corrected chi connectivity index (χ1v) is 7.27. The van der Waals surface area contributed by atoms with Crippen molar-refractivity contribution in [3.63, 3.8) is 0 Å². The molecule has 0 aliphatic carbocycles. The summed E-state index contributed by atoms with van der Waals surface area (Å²) in [6.07, 6.45) is 2.81. The maximum absolute atomic E-state index is 11.9. The summed E-state index contributed by atoms with van der Waals surface area (Å²) in [6, 6.07) is 0. The van der Waals surface area contributed by atoms with Crippen molar-refractivity contribution in [2.45, 2.75) is 0 Å². The highest BCUT2D eigenvalue weighted by molar-refractivity contribution is 9.10. The van der Waals surface area contributed by atoms with E-state index in [-0.39, 0.29) is 5.82 Å². The molecule has 0 radical (unpaired) electrons. The topological polar surface area (TPSA) is 87.2 Å². The SMILES string of the molecule is O=S(=O)(Nc1cnc(Br)cn1)N1CCNCC1. The molecule has 9 heteroatoms. The Hall–Kier alpha value is -0.770. The molecule has 2 N–H and O–H groups in total. The van der Waals surface area contributed by atoms with E-state index < -0.39 is 10.2 Å². The van der Waals surface area contributed by atoms with E-state index >= 15 is 0 Å². The maximum Gasteiger partial charge on any atom is 0.302 e. The van der Waals surface area contributed by atoms with E-state index in [0.29, 0.717) is 30.8 Å². The lowest BCUT2D eigenvalue weighted by Gasteiger charge is -2.26. The molecular weight excluding hydrogens is 310 g/mol. The van der Waals surface area contributed by atoms with Crippen LogP contribution in [0.2, 0.25) is 0 Å². The molecule has 0 aromatic carbocycles. The monoisotopic (exact) mass is 321 g/mol. The van der Waals surface area contributed by atoms with Crippen LogP contribution in [0.4, 0.5) is 5.82 Å². The quantitative estimate of drug-likeness (QED) is 0.805. The molecule has 0 bridgehead atoms. The molecule has 1 saturated heterocycles. The minimum absolute atomic E-state index is 0.215. The third-order valence-corrected chi connectivity index (χ3v) is 4.19. The lowest BCUT2D eigenvalue weighted by molar-refractivity contribution is 0.362. The summed E-state index contributed by atoms with van der Waals surface area (Å²) < 4.78 is 28.2. The Morgan fingerprint density at radius 3 is 2.59 bits per heavy atom. The van der Waals surface area contributed by atoms with E-state index in [1.807, 2.05) is 0 Å².